The third-order valence-corrected chi connectivity index (χ3v) is 3.37. The average Bonchev–Trinajstić information content (AvgIpc) is 2.27. The van der Waals surface area contributed by atoms with Gasteiger partial charge in [0.2, 0.25) is 10.0 Å². The number of benzene rings is 1. The monoisotopic (exact) mass is 260 g/mol. The van der Waals surface area contributed by atoms with Gasteiger partial charge in [-0.3, -0.25) is 10.1 Å². The van der Waals surface area contributed by atoms with E-state index >= 15 is 0 Å². The zero-order valence-electron chi connectivity index (χ0n) is 9.03. The molecule has 0 saturated heterocycles. The number of nitro benzene ring substituents is 1. The van der Waals surface area contributed by atoms with E-state index in [0.717, 1.165) is 24.3 Å². The highest BCUT2D eigenvalue weighted by Gasteiger charge is 2.15. The van der Waals surface area contributed by atoms with Gasteiger partial charge in [0, 0.05) is 18.7 Å². The van der Waals surface area contributed by atoms with Crippen LogP contribution in [0.3, 0.4) is 0 Å². The molecule has 0 aliphatic heterocycles. The van der Waals surface area contributed by atoms with Gasteiger partial charge in [-0.15, -0.1) is 0 Å². The highest BCUT2D eigenvalue weighted by Crippen LogP contribution is 2.15. The van der Waals surface area contributed by atoms with Gasteiger partial charge in [-0.25, -0.2) is 13.1 Å². The summed E-state index contributed by atoms with van der Waals surface area (Å²) < 4.78 is 25.4. The summed E-state index contributed by atoms with van der Waals surface area (Å²) >= 11 is 0. The molecule has 94 valence electrons. The van der Waals surface area contributed by atoms with Crippen LogP contribution >= 0.6 is 0 Å². The number of nitro groups is 1. The van der Waals surface area contributed by atoms with E-state index in [2.05, 4.69) is 4.72 Å². The average molecular weight is 260 g/mol. The summed E-state index contributed by atoms with van der Waals surface area (Å²) in [6.45, 7) is 1.33. The molecule has 0 heterocycles. The molecule has 0 aromatic heterocycles. The second-order valence-corrected chi connectivity index (χ2v) is 5.22. The smallest absolute Gasteiger partial charge is 0.269 e. The minimum absolute atomic E-state index is 0.0799. The van der Waals surface area contributed by atoms with Crippen LogP contribution in [0.15, 0.2) is 29.2 Å². The number of non-ortho nitro benzene ring substituents is 1. The maximum absolute atomic E-state index is 11.6. The molecular weight excluding hydrogens is 248 g/mol. The van der Waals surface area contributed by atoms with Crippen molar-refractivity contribution >= 4 is 15.7 Å². The molecule has 0 fully saturated rings. The molecule has 0 amide bonds. The molecule has 0 bridgehead atoms. The van der Waals surface area contributed by atoms with Gasteiger partial charge in [-0.2, -0.15) is 0 Å². The lowest BCUT2D eigenvalue weighted by molar-refractivity contribution is -0.384. The van der Waals surface area contributed by atoms with Gasteiger partial charge in [-0.05, 0) is 19.1 Å². The Kier molecular flexibility index (Phi) is 4.16. The first-order valence-corrected chi connectivity index (χ1v) is 6.23. The number of aliphatic hydroxyl groups excluding tert-OH is 1. The van der Waals surface area contributed by atoms with Crippen molar-refractivity contribution in [3.63, 3.8) is 0 Å². The first kappa shape index (κ1) is 13.6. The number of aliphatic hydroxyl groups is 1. The van der Waals surface area contributed by atoms with Crippen molar-refractivity contribution in [3.8, 4) is 0 Å². The Hall–Kier alpha value is -1.51. The Bertz CT molecular complexity index is 495. The van der Waals surface area contributed by atoms with Gasteiger partial charge in [0.05, 0.1) is 15.9 Å². The number of sulfonamides is 1. The molecule has 17 heavy (non-hydrogen) atoms. The van der Waals surface area contributed by atoms with E-state index in [0.29, 0.717) is 0 Å². The molecule has 1 rings (SSSR count). The number of nitrogens with one attached hydrogen (secondary N) is 1. The van der Waals surface area contributed by atoms with Crippen LogP contribution in [-0.2, 0) is 10.0 Å². The lowest BCUT2D eigenvalue weighted by Crippen LogP contribution is -2.30. The molecular formula is C9H12N2O5S. The Balaban J connectivity index is 2.89. The fourth-order valence-corrected chi connectivity index (χ4v) is 2.18. The SMILES string of the molecule is C[C@H](O)CNS(=O)(=O)c1ccc([N+](=O)[O-])cc1. The van der Waals surface area contributed by atoms with Crippen molar-refractivity contribution in [2.45, 2.75) is 17.9 Å². The normalized spacial score (nSPS) is 13.3. The number of rotatable bonds is 5. The third-order valence-electron chi connectivity index (χ3n) is 1.93. The van der Waals surface area contributed by atoms with Crippen LogP contribution in [0, 0.1) is 10.1 Å². The second-order valence-electron chi connectivity index (χ2n) is 3.45. The highest BCUT2D eigenvalue weighted by molar-refractivity contribution is 7.89. The summed E-state index contributed by atoms with van der Waals surface area (Å²) in [7, 11) is -3.73. The van der Waals surface area contributed by atoms with Crippen molar-refractivity contribution < 1.29 is 18.4 Å². The van der Waals surface area contributed by atoms with Gasteiger partial charge in [0.15, 0.2) is 0 Å². The molecule has 0 aliphatic rings. The molecule has 0 unspecified atom stereocenters. The van der Waals surface area contributed by atoms with E-state index in [-0.39, 0.29) is 17.1 Å². The highest BCUT2D eigenvalue weighted by atomic mass is 32.2. The largest absolute Gasteiger partial charge is 0.392 e. The summed E-state index contributed by atoms with van der Waals surface area (Å²) in [4.78, 5) is 9.69. The van der Waals surface area contributed by atoms with E-state index in [1.165, 1.54) is 6.92 Å². The number of hydrogen-bond acceptors (Lipinski definition) is 5. The van der Waals surface area contributed by atoms with E-state index in [1.54, 1.807) is 0 Å². The van der Waals surface area contributed by atoms with Crippen LogP contribution in [0.5, 0.6) is 0 Å². The molecule has 8 heteroatoms. The Morgan fingerprint density at radius 2 is 1.94 bits per heavy atom. The quantitative estimate of drug-likeness (QED) is 0.582. The van der Waals surface area contributed by atoms with Crippen molar-refractivity contribution in [1.82, 2.24) is 4.72 Å². The van der Waals surface area contributed by atoms with E-state index in [9.17, 15) is 18.5 Å². The third kappa shape index (κ3) is 3.77. The maximum atomic E-state index is 11.6. The van der Waals surface area contributed by atoms with Gasteiger partial charge in [0.1, 0.15) is 0 Å². The first-order chi connectivity index (χ1) is 7.83. The lowest BCUT2D eigenvalue weighted by Gasteiger charge is -2.07. The molecule has 2 N–H and O–H groups in total. The zero-order chi connectivity index (χ0) is 13.1. The summed E-state index contributed by atoms with van der Waals surface area (Å²) in [6.07, 6.45) is -0.803. The van der Waals surface area contributed by atoms with Crippen molar-refractivity contribution in [1.29, 1.82) is 0 Å². The van der Waals surface area contributed by atoms with Crippen LogP contribution in [0.4, 0.5) is 5.69 Å². The van der Waals surface area contributed by atoms with Gasteiger partial charge in [0.25, 0.3) is 5.69 Å². The van der Waals surface area contributed by atoms with E-state index < -0.39 is 21.1 Å². The Labute approximate surface area is 98.3 Å². The fraction of sp³-hybridized carbons (Fsp3) is 0.333. The van der Waals surface area contributed by atoms with Crippen LogP contribution in [0.1, 0.15) is 6.92 Å². The number of hydrogen-bond donors (Lipinski definition) is 2. The molecule has 7 nitrogen and oxygen atoms in total. The molecule has 0 radical (unpaired) electrons. The van der Waals surface area contributed by atoms with Gasteiger partial charge in [-0.1, -0.05) is 0 Å². The summed E-state index contributed by atoms with van der Waals surface area (Å²) in [5, 5.41) is 19.3. The predicted molar refractivity (Wildman–Crippen MR) is 60.0 cm³/mol. The summed E-state index contributed by atoms with van der Waals surface area (Å²) in [5.41, 5.74) is -0.181. The molecule has 1 aromatic rings. The predicted octanol–water partition coefficient (Wildman–Crippen LogP) is 0.254. The number of nitrogens with zero attached hydrogens (tertiary/aromatic N) is 1. The fourth-order valence-electron chi connectivity index (χ4n) is 1.06. The topological polar surface area (TPSA) is 110 Å². The standard InChI is InChI=1S/C9H12N2O5S/c1-7(12)6-10-17(15,16)9-4-2-8(3-5-9)11(13)14/h2-5,7,10,12H,6H2,1H3/t7-/m0/s1. The van der Waals surface area contributed by atoms with E-state index in [4.69, 9.17) is 5.11 Å². The van der Waals surface area contributed by atoms with Crippen molar-refractivity contribution in [3.05, 3.63) is 34.4 Å². The van der Waals surface area contributed by atoms with Gasteiger partial charge >= 0.3 is 0 Å². The Morgan fingerprint density at radius 1 is 1.41 bits per heavy atom. The van der Waals surface area contributed by atoms with Crippen molar-refractivity contribution in [2.75, 3.05) is 6.54 Å². The van der Waals surface area contributed by atoms with E-state index in [1.807, 2.05) is 0 Å². The van der Waals surface area contributed by atoms with Crippen LogP contribution in [-0.4, -0.2) is 31.1 Å². The van der Waals surface area contributed by atoms with Crippen LogP contribution in [0.2, 0.25) is 0 Å². The summed E-state index contributed by atoms with van der Waals surface area (Å²) in [5.74, 6) is 0. The van der Waals surface area contributed by atoms with Gasteiger partial charge < -0.3 is 5.11 Å². The summed E-state index contributed by atoms with van der Waals surface area (Å²) in [6, 6.07) is 4.50. The van der Waals surface area contributed by atoms with Crippen molar-refractivity contribution in [2.24, 2.45) is 0 Å². The minimum Gasteiger partial charge on any atom is -0.392 e. The lowest BCUT2D eigenvalue weighted by atomic mass is 10.3. The molecule has 1 atom stereocenters. The molecule has 0 aliphatic carbocycles. The zero-order valence-corrected chi connectivity index (χ0v) is 9.85. The van der Waals surface area contributed by atoms with Crippen LogP contribution < -0.4 is 4.72 Å². The maximum Gasteiger partial charge on any atom is 0.269 e. The van der Waals surface area contributed by atoms with Crippen LogP contribution in [0.25, 0.3) is 0 Å². The Morgan fingerprint density at radius 3 is 2.35 bits per heavy atom. The second kappa shape index (κ2) is 5.21. The molecule has 1 aromatic carbocycles. The molecule has 0 saturated carbocycles. The molecule has 0 spiro atoms. The minimum atomic E-state index is -3.73. The first-order valence-electron chi connectivity index (χ1n) is 4.75.